The van der Waals surface area contributed by atoms with Gasteiger partial charge in [0.25, 0.3) is 5.91 Å². The van der Waals surface area contributed by atoms with Crippen molar-refractivity contribution in [3.63, 3.8) is 0 Å². The second kappa shape index (κ2) is 20.1. The van der Waals surface area contributed by atoms with Crippen LogP contribution in [0.25, 0.3) is 11.1 Å². The predicted octanol–water partition coefficient (Wildman–Crippen LogP) is 10.1. The van der Waals surface area contributed by atoms with Crippen LogP contribution in [-0.4, -0.2) is 52.0 Å². The summed E-state index contributed by atoms with van der Waals surface area (Å²) in [7, 11) is 0. The Kier molecular flexibility index (Phi) is 16.7. The molecule has 46 heavy (non-hydrogen) atoms. The molecule has 2 aliphatic rings. The molecular weight excluding hydrogens is 589 g/mol. The van der Waals surface area contributed by atoms with Crippen LogP contribution in [0, 0.1) is 18.8 Å². The summed E-state index contributed by atoms with van der Waals surface area (Å²) < 4.78 is 0. The lowest BCUT2D eigenvalue weighted by atomic mass is 9.84. The minimum atomic E-state index is -0.989. The fourth-order valence-corrected chi connectivity index (χ4v) is 7.95. The number of amides is 1. The quantitative estimate of drug-likeness (QED) is 0.201. The van der Waals surface area contributed by atoms with E-state index < -0.39 is 12.0 Å². The van der Waals surface area contributed by atoms with E-state index in [1.54, 1.807) is 11.8 Å². The van der Waals surface area contributed by atoms with E-state index in [0.29, 0.717) is 29.8 Å². The molecule has 1 heterocycles. The molecule has 3 atom stereocenters. The first-order chi connectivity index (χ1) is 22.2. The van der Waals surface area contributed by atoms with Gasteiger partial charge in [0, 0.05) is 24.2 Å². The Morgan fingerprint density at radius 1 is 0.935 bits per heavy atom. The minimum absolute atomic E-state index is 0.321. The number of aryl methyl sites for hydroxylation is 1. The topological polar surface area (TPSA) is 69.6 Å². The molecule has 1 aliphatic heterocycles. The molecule has 3 unspecified atom stereocenters. The van der Waals surface area contributed by atoms with Gasteiger partial charge in [-0.25, -0.2) is 4.79 Å². The average molecular weight is 651 g/mol. The number of nitrogens with one attached hydrogen (secondary N) is 1. The van der Waals surface area contributed by atoms with E-state index in [4.69, 9.17) is 0 Å². The highest BCUT2D eigenvalue weighted by Crippen LogP contribution is 2.37. The Morgan fingerprint density at radius 3 is 2.26 bits per heavy atom. The van der Waals surface area contributed by atoms with Crippen molar-refractivity contribution in [1.29, 1.82) is 0 Å². The predicted molar refractivity (Wildman–Crippen MR) is 197 cm³/mol. The van der Waals surface area contributed by atoms with Crippen molar-refractivity contribution in [3.8, 4) is 11.1 Å². The van der Waals surface area contributed by atoms with Gasteiger partial charge in [0.2, 0.25) is 0 Å². The number of hydrogen-bond acceptors (Lipinski definition) is 4. The molecule has 1 saturated carbocycles. The van der Waals surface area contributed by atoms with Gasteiger partial charge in [0.1, 0.15) is 6.04 Å². The van der Waals surface area contributed by atoms with E-state index in [9.17, 15) is 14.7 Å². The van der Waals surface area contributed by atoms with Gasteiger partial charge in [-0.2, -0.15) is 11.8 Å². The maximum absolute atomic E-state index is 13.5. The van der Waals surface area contributed by atoms with E-state index in [-0.39, 0.29) is 5.91 Å². The van der Waals surface area contributed by atoms with Crippen molar-refractivity contribution in [1.82, 2.24) is 10.2 Å². The van der Waals surface area contributed by atoms with Gasteiger partial charge in [0.15, 0.2) is 0 Å². The molecule has 0 bridgehead atoms. The van der Waals surface area contributed by atoms with Crippen molar-refractivity contribution >= 4 is 23.6 Å². The molecule has 0 spiro atoms. The van der Waals surface area contributed by atoms with Crippen LogP contribution in [0.2, 0.25) is 0 Å². The third kappa shape index (κ3) is 11.7. The van der Waals surface area contributed by atoms with Crippen LogP contribution in [-0.2, 0) is 11.3 Å². The number of carbonyl (C=O) groups is 2. The van der Waals surface area contributed by atoms with Crippen molar-refractivity contribution in [2.24, 2.45) is 11.8 Å². The lowest BCUT2D eigenvalue weighted by molar-refractivity contribution is -0.139. The normalized spacial score (nSPS) is 19.5. The Morgan fingerprint density at radius 2 is 1.65 bits per heavy atom. The summed E-state index contributed by atoms with van der Waals surface area (Å²) in [6.07, 6.45) is 18.3. The zero-order valence-corrected chi connectivity index (χ0v) is 30.5. The molecule has 1 amide bonds. The van der Waals surface area contributed by atoms with Gasteiger partial charge in [-0.3, -0.25) is 9.69 Å². The molecule has 0 aromatic heterocycles. The van der Waals surface area contributed by atoms with Gasteiger partial charge in [-0.1, -0.05) is 109 Å². The van der Waals surface area contributed by atoms with E-state index in [1.807, 2.05) is 24.5 Å². The zero-order chi connectivity index (χ0) is 33.5. The summed E-state index contributed by atoms with van der Waals surface area (Å²) in [5.41, 5.74) is 4.78. The third-order valence-electron chi connectivity index (χ3n) is 9.93. The third-order valence-corrected chi connectivity index (χ3v) is 10.6. The molecule has 5 nitrogen and oxygen atoms in total. The number of nitrogens with zero attached hydrogens (tertiary/aromatic N) is 1. The number of aliphatic carboxylic acids is 1. The van der Waals surface area contributed by atoms with E-state index >= 15 is 0 Å². The van der Waals surface area contributed by atoms with E-state index in [2.05, 4.69) is 69.1 Å². The first-order valence-electron chi connectivity index (χ1n) is 18.2. The van der Waals surface area contributed by atoms with Gasteiger partial charge in [-0.05, 0) is 97.3 Å². The Labute approximate surface area is 284 Å². The SMILES string of the molecule is CCCC(C)C.CCCC1CCC(CC2CCCCC2)N1Cc1ccc(C(=O)NC(CCSC)C(=O)O)c(-c2ccccc2C)c1. The summed E-state index contributed by atoms with van der Waals surface area (Å²) in [5, 5.41) is 12.5. The molecule has 256 valence electrons. The number of carboxylic acids is 1. The summed E-state index contributed by atoms with van der Waals surface area (Å²) in [6, 6.07) is 14.7. The summed E-state index contributed by atoms with van der Waals surface area (Å²) in [5.74, 6) is 1.13. The highest BCUT2D eigenvalue weighted by atomic mass is 32.2. The van der Waals surface area contributed by atoms with Gasteiger partial charge >= 0.3 is 5.97 Å². The smallest absolute Gasteiger partial charge is 0.326 e. The number of likely N-dealkylation sites (tertiary alicyclic amines) is 1. The van der Waals surface area contributed by atoms with Crippen molar-refractivity contribution in [2.45, 2.75) is 143 Å². The summed E-state index contributed by atoms with van der Waals surface area (Å²) in [4.78, 5) is 28.1. The Hall–Kier alpha value is -2.31. The highest BCUT2D eigenvalue weighted by molar-refractivity contribution is 7.98. The van der Waals surface area contributed by atoms with Crippen LogP contribution >= 0.6 is 11.8 Å². The maximum Gasteiger partial charge on any atom is 0.326 e. The molecule has 2 fully saturated rings. The first kappa shape index (κ1) is 38.1. The number of carboxylic acid groups (broad SMARTS) is 1. The highest BCUT2D eigenvalue weighted by Gasteiger charge is 2.34. The number of rotatable bonds is 15. The van der Waals surface area contributed by atoms with E-state index in [1.165, 1.54) is 82.6 Å². The van der Waals surface area contributed by atoms with Gasteiger partial charge in [0.05, 0.1) is 0 Å². The second-order valence-corrected chi connectivity index (χ2v) is 15.1. The van der Waals surface area contributed by atoms with Crippen molar-refractivity contribution in [2.75, 3.05) is 12.0 Å². The van der Waals surface area contributed by atoms with Crippen molar-refractivity contribution in [3.05, 3.63) is 59.2 Å². The summed E-state index contributed by atoms with van der Waals surface area (Å²) >= 11 is 1.58. The fourth-order valence-electron chi connectivity index (χ4n) is 7.48. The number of thioether (sulfide) groups is 1. The van der Waals surface area contributed by atoms with E-state index in [0.717, 1.165) is 35.1 Å². The summed E-state index contributed by atoms with van der Waals surface area (Å²) in [6.45, 7) is 12.0. The van der Waals surface area contributed by atoms with Gasteiger partial charge in [-0.15, -0.1) is 0 Å². The molecule has 2 N–H and O–H groups in total. The fraction of sp³-hybridized carbons (Fsp3) is 0.650. The minimum Gasteiger partial charge on any atom is -0.480 e. The second-order valence-electron chi connectivity index (χ2n) is 14.1. The number of carbonyl (C=O) groups excluding carboxylic acids is 1. The van der Waals surface area contributed by atoms with Crippen LogP contribution in [0.4, 0.5) is 0 Å². The Bertz CT molecular complexity index is 1210. The van der Waals surface area contributed by atoms with Crippen LogP contribution in [0.3, 0.4) is 0 Å². The standard InChI is InChI=1S/C34H48N2O3S.C6H14/c1-4-10-27-16-17-28(21-25-12-6-5-7-13-25)36(27)23-26-15-18-30(31(22-26)29-14-9-8-11-24(29)2)33(37)35-32(34(38)39)19-20-40-3;1-4-5-6(2)3/h8-9,11,14-15,18,22,25,27-28,32H,4-7,10,12-13,16-17,19-21,23H2,1-3H3,(H,35,37)(H,38,39);6H,4-5H2,1-3H3. The molecule has 0 radical (unpaired) electrons. The number of benzene rings is 2. The van der Waals surface area contributed by atoms with Crippen molar-refractivity contribution < 1.29 is 14.7 Å². The van der Waals surface area contributed by atoms with Crippen LogP contribution in [0.1, 0.15) is 133 Å². The largest absolute Gasteiger partial charge is 0.480 e. The molecule has 2 aromatic carbocycles. The molecule has 6 heteroatoms. The molecule has 1 aliphatic carbocycles. The first-order valence-corrected chi connectivity index (χ1v) is 19.5. The number of hydrogen-bond donors (Lipinski definition) is 2. The lowest BCUT2D eigenvalue weighted by Crippen LogP contribution is -2.41. The zero-order valence-electron chi connectivity index (χ0n) is 29.7. The monoisotopic (exact) mass is 650 g/mol. The van der Waals surface area contributed by atoms with Crippen LogP contribution in [0.5, 0.6) is 0 Å². The van der Waals surface area contributed by atoms with Crippen LogP contribution in [0.15, 0.2) is 42.5 Å². The maximum atomic E-state index is 13.5. The van der Waals surface area contributed by atoms with Crippen LogP contribution < -0.4 is 5.32 Å². The average Bonchev–Trinajstić information content (AvgIpc) is 3.40. The van der Waals surface area contributed by atoms with Gasteiger partial charge < -0.3 is 10.4 Å². The molecule has 4 rings (SSSR count). The molecule has 1 saturated heterocycles. The molecule has 2 aromatic rings. The molecular formula is C40H62N2O3S. The Balaban J connectivity index is 0.000000875. The lowest BCUT2D eigenvalue weighted by Gasteiger charge is -2.34.